The average molecular weight is 528 g/mol. The molecule has 1 amide bonds. The van der Waals surface area contributed by atoms with Crippen LogP contribution in [0.5, 0.6) is 0 Å². The van der Waals surface area contributed by atoms with Gasteiger partial charge < -0.3 is 10.2 Å². The molecule has 1 aliphatic rings. The lowest BCUT2D eigenvalue weighted by Gasteiger charge is -2.30. The van der Waals surface area contributed by atoms with Crippen LogP contribution >= 0.6 is 0 Å². The molecule has 10 nitrogen and oxygen atoms in total. The van der Waals surface area contributed by atoms with Crippen LogP contribution in [0.1, 0.15) is 28.9 Å². The molecule has 192 valence electrons. The van der Waals surface area contributed by atoms with Crippen molar-refractivity contribution in [2.24, 2.45) is 5.92 Å². The highest BCUT2D eigenvalue weighted by atomic mass is 32.2. The van der Waals surface area contributed by atoms with Crippen molar-refractivity contribution < 1.29 is 13.2 Å². The van der Waals surface area contributed by atoms with Gasteiger partial charge >= 0.3 is 0 Å². The summed E-state index contributed by atoms with van der Waals surface area (Å²) in [6.45, 7) is 1.74. The van der Waals surface area contributed by atoms with Crippen LogP contribution in [0.25, 0.3) is 22.3 Å². The molecule has 0 atom stereocenters. The zero-order valence-electron chi connectivity index (χ0n) is 20.7. The summed E-state index contributed by atoms with van der Waals surface area (Å²) in [5.74, 6) is 0.526. The van der Waals surface area contributed by atoms with Crippen LogP contribution in [0.2, 0.25) is 0 Å². The summed E-state index contributed by atoms with van der Waals surface area (Å²) in [6.07, 6.45) is 6.96. The van der Waals surface area contributed by atoms with Crippen molar-refractivity contribution in [1.29, 1.82) is 5.26 Å². The fourth-order valence-electron chi connectivity index (χ4n) is 4.30. The van der Waals surface area contributed by atoms with Crippen molar-refractivity contribution in [3.05, 3.63) is 72.3 Å². The monoisotopic (exact) mass is 527 g/mol. The second kappa shape index (κ2) is 10.5. The first-order chi connectivity index (χ1) is 18.3. The Morgan fingerprint density at radius 3 is 2.63 bits per heavy atom. The van der Waals surface area contributed by atoms with Crippen LogP contribution < -0.4 is 10.2 Å². The number of amides is 1. The van der Waals surface area contributed by atoms with Gasteiger partial charge in [0.15, 0.2) is 9.84 Å². The number of aromatic nitrogens is 4. The first kappa shape index (κ1) is 25.2. The number of pyridine rings is 4. The second-order valence-electron chi connectivity index (χ2n) is 9.20. The lowest BCUT2D eigenvalue weighted by Crippen LogP contribution is -2.33. The molecule has 38 heavy (non-hydrogen) atoms. The van der Waals surface area contributed by atoms with Gasteiger partial charge in [0.2, 0.25) is 0 Å². The summed E-state index contributed by atoms with van der Waals surface area (Å²) in [5.41, 5.74) is 2.93. The van der Waals surface area contributed by atoms with Crippen molar-refractivity contribution in [2.75, 3.05) is 24.2 Å². The van der Waals surface area contributed by atoms with E-state index < -0.39 is 15.7 Å². The van der Waals surface area contributed by atoms with E-state index in [1.165, 1.54) is 18.5 Å². The number of hydrogen-bond acceptors (Lipinski definition) is 9. The maximum atomic E-state index is 12.6. The number of carbonyl (C=O) groups is 1. The minimum absolute atomic E-state index is 0.0185. The van der Waals surface area contributed by atoms with Crippen LogP contribution in [0.15, 0.2) is 66.0 Å². The van der Waals surface area contributed by atoms with Crippen LogP contribution in [0.3, 0.4) is 0 Å². The van der Waals surface area contributed by atoms with Crippen LogP contribution in [0.4, 0.5) is 5.82 Å². The van der Waals surface area contributed by atoms with E-state index in [0.29, 0.717) is 11.2 Å². The van der Waals surface area contributed by atoms with E-state index >= 15 is 0 Å². The van der Waals surface area contributed by atoms with Crippen molar-refractivity contribution in [3.63, 3.8) is 0 Å². The van der Waals surface area contributed by atoms with E-state index in [1.807, 2.05) is 30.3 Å². The first-order valence-corrected chi connectivity index (χ1v) is 14.0. The highest BCUT2D eigenvalue weighted by molar-refractivity contribution is 7.90. The SMILES string of the molecule is CS(=O)(=O)c1cncc(C(=O)NCc2cc3nc(-c4cccc(N5CCC(C#N)CC5)n4)ccc3cn2)c1. The number of hydrogen-bond donors (Lipinski definition) is 1. The van der Waals surface area contributed by atoms with E-state index in [9.17, 15) is 13.2 Å². The molecule has 0 unspecified atom stereocenters. The Morgan fingerprint density at radius 2 is 1.87 bits per heavy atom. The fourth-order valence-corrected chi connectivity index (χ4v) is 4.89. The molecule has 5 rings (SSSR count). The van der Waals surface area contributed by atoms with Crippen molar-refractivity contribution in [1.82, 2.24) is 25.3 Å². The fraction of sp³-hybridized carbons (Fsp3) is 0.259. The number of nitriles is 1. The van der Waals surface area contributed by atoms with Gasteiger partial charge in [-0.15, -0.1) is 0 Å². The molecule has 0 radical (unpaired) electrons. The largest absolute Gasteiger partial charge is 0.357 e. The summed E-state index contributed by atoms with van der Waals surface area (Å²) in [4.78, 5) is 32.6. The third-order valence-electron chi connectivity index (χ3n) is 6.46. The van der Waals surface area contributed by atoms with Crippen LogP contribution in [0, 0.1) is 17.2 Å². The highest BCUT2D eigenvalue weighted by Gasteiger charge is 2.20. The normalized spacial score (nSPS) is 14.3. The molecule has 4 aromatic rings. The Bertz CT molecular complexity index is 1660. The van der Waals surface area contributed by atoms with E-state index in [4.69, 9.17) is 15.2 Å². The maximum absolute atomic E-state index is 12.6. The molecule has 0 aromatic carbocycles. The van der Waals surface area contributed by atoms with E-state index in [0.717, 1.165) is 54.8 Å². The topological polar surface area (TPSA) is 142 Å². The van der Waals surface area contributed by atoms with Gasteiger partial charge in [0, 0.05) is 49.2 Å². The van der Waals surface area contributed by atoms with Gasteiger partial charge in [0.25, 0.3) is 5.91 Å². The maximum Gasteiger partial charge on any atom is 0.253 e. The predicted molar refractivity (Wildman–Crippen MR) is 142 cm³/mol. The smallest absolute Gasteiger partial charge is 0.253 e. The summed E-state index contributed by atoms with van der Waals surface area (Å²) in [7, 11) is -3.47. The van der Waals surface area contributed by atoms with Crippen LogP contribution in [-0.4, -0.2) is 53.6 Å². The Hall–Kier alpha value is -4.43. The molecule has 5 heterocycles. The van der Waals surface area contributed by atoms with Crippen molar-refractivity contribution in [3.8, 4) is 17.5 Å². The summed E-state index contributed by atoms with van der Waals surface area (Å²) >= 11 is 0. The predicted octanol–water partition coefficient (Wildman–Crippen LogP) is 3.16. The van der Waals surface area contributed by atoms with E-state index in [1.54, 1.807) is 12.3 Å². The summed E-state index contributed by atoms with van der Waals surface area (Å²) in [6, 6.07) is 15.1. The third kappa shape index (κ3) is 5.60. The molecule has 0 spiro atoms. The molecule has 1 N–H and O–H groups in total. The average Bonchev–Trinajstić information content (AvgIpc) is 2.95. The van der Waals surface area contributed by atoms with Gasteiger partial charge in [-0.3, -0.25) is 14.8 Å². The summed E-state index contributed by atoms with van der Waals surface area (Å²) in [5, 5.41) is 12.8. The number of sulfone groups is 1. The molecule has 1 fully saturated rings. The zero-order valence-corrected chi connectivity index (χ0v) is 21.5. The molecule has 0 bridgehead atoms. The Kier molecular flexibility index (Phi) is 6.98. The van der Waals surface area contributed by atoms with Gasteiger partial charge in [-0.1, -0.05) is 6.07 Å². The van der Waals surface area contributed by atoms with E-state index in [-0.39, 0.29) is 22.9 Å². The Labute approximate surface area is 220 Å². The number of nitrogens with one attached hydrogen (secondary N) is 1. The molecule has 4 aromatic heterocycles. The summed E-state index contributed by atoms with van der Waals surface area (Å²) < 4.78 is 23.5. The second-order valence-corrected chi connectivity index (χ2v) is 11.2. The molecule has 1 saturated heterocycles. The molecule has 0 saturated carbocycles. The number of piperidine rings is 1. The Morgan fingerprint density at radius 1 is 1.08 bits per heavy atom. The number of fused-ring (bicyclic) bond motifs is 1. The lowest BCUT2D eigenvalue weighted by molar-refractivity contribution is 0.0950. The quantitative estimate of drug-likeness (QED) is 0.400. The third-order valence-corrected chi connectivity index (χ3v) is 7.54. The standard InChI is InChI=1S/C27H25N7O3S/c1-38(36,37)22-11-20(14-29-17-22)27(35)31-16-21-12-25-19(15-30-21)5-6-24(32-25)23-3-2-4-26(33-23)34-9-7-18(13-28)8-10-34/h2-6,11-12,14-15,17-18H,7-10,16H2,1H3,(H,31,35). The minimum atomic E-state index is -3.47. The van der Waals surface area contributed by atoms with Crippen LogP contribution in [-0.2, 0) is 16.4 Å². The van der Waals surface area contributed by atoms with Gasteiger partial charge in [0.1, 0.15) is 5.82 Å². The van der Waals surface area contributed by atoms with Gasteiger partial charge in [-0.25, -0.2) is 18.4 Å². The van der Waals surface area contributed by atoms with Gasteiger partial charge in [-0.2, -0.15) is 5.26 Å². The first-order valence-electron chi connectivity index (χ1n) is 12.1. The minimum Gasteiger partial charge on any atom is -0.357 e. The van der Waals surface area contributed by atoms with Crippen molar-refractivity contribution in [2.45, 2.75) is 24.3 Å². The lowest BCUT2D eigenvalue weighted by atomic mass is 9.99. The molecule has 0 aliphatic carbocycles. The number of carbonyl (C=O) groups excluding carboxylic acids is 1. The molecular formula is C27H25N7O3S. The van der Waals surface area contributed by atoms with Gasteiger partial charge in [-0.05, 0) is 49.2 Å². The number of rotatable bonds is 6. The Balaban J connectivity index is 1.32. The zero-order chi connectivity index (χ0) is 26.7. The number of anilines is 1. The number of nitrogens with zero attached hydrogens (tertiary/aromatic N) is 6. The van der Waals surface area contributed by atoms with Crippen molar-refractivity contribution >= 4 is 32.5 Å². The van der Waals surface area contributed by atoms with E-state index in [2.05, 4.69) is 26.3 Å². The molecular weight excluding hydrogens is 502 g/mol. The molecule has 1 aliphatic heterocycles. The molecule has 11 heteroatoms. The highest BCUT2D eigenvalue weighted by Crippen LogP contribution is 2.25. The van der Waals surface area contributed by atoms with Gasteiger partial charge in [0.05, 0.1) is 45.7 Å².